The minimum atomic E-state index is -4.55. The number of carboxylic acid groups (broad SMARTS) is 1. The highest BCUT2D eigenvalue weighted by atomic mass is 32.2. The third kappa shape index (κ3) is 5.33. The highest BCUT2D eigenvalue weighted by Gasteiger charge is 2.42. The van der Waals surface area contributed by atoms with Gasteiger partial charge in [0.15, 0.2) is 0 Å². The number of carboxylic acids is 1. The van der Waals surface area contributed by atoms with E-state index in [1.165, 1.54) is 6.92 Å². The third-order valence-electron chi connectivity index (χ3n) is 1.38. The van der Waals surface area contributed by atoms with Crippen LogP contribution in [0.25, 0.3) is 0 Å². The summed E-state index contributed by atoms with van der Waals surface area (Å²) in [4.78, 5) is 10.2. The number of aliphatic carboxylic acids is 1. The van der Waals surface area contributed by atoms with Gasteiger partial charge in [-0.1, -0.05) is 6.92 Å². The molecule has 0 spiro atoms. The molecule has 7 heteroatoms. The number of alkyl halides is 3. The highest BCUT2D eigenvalue weighted by molar-refractivity contribution is 8.00. The first kappa shape index (κ1) is 13.6. The molecule has 0 aliphatic heterocycles. The van der Waals surface area contributed by atoms with E-state index in [0.717, 1.165) is 0 Å². The van der Waals surface area contributed by atoms with E-state index in [9.17, 15) is 18.0 Å². The molecule has 14 heavy (non-hydrogen) atoms. The minimum absolute atomic E-state index is 0.406. The van der Waals surface area contributed by atoms with Crippen LogP contribution in [-0.2, 0) is 4.79 Å². The Kier molecular flexibility index (Phi) is 5.28. The fourth-order valence-electron chi connectivity index (χ4n) is 0.723. The lowest BCUT2D eigenvalue weighted by Gasteiger charge is -2.20. The second kappa shape index (κ2) is 5.45. The van der Waals surface area contributed by atoms with E-state index in [2.05, 4.69) is 0 Å². The van der Waals surface area contributed by atoms with E-state index in [4.69, 9.17) is 10.2 Å². The largest absolute Gasteiger partial charge is 0.481 e. The SMILES string of the molecule is CC(CO)SC(CC(=O)O)C(F)(F)F. The molecule has 0 aliphatic rings. The number of rotatable bonds is 5. The predicted molar refractivity (Wildman–Crippen MR) is 46.2 cm³/mol. The van der Waals surface area contributed by atoms with Crippen LogP contribution >= 0.6 is 11.8 Å². The molecule has 3 nitrogen and oxygen atoms in total. The highest BCUT2D eigenvalue weighted by Crippen LogP contribution is 2.34. The van der Waals surface area contributed by atoms with Crippen molar-refractivity contribution >= 4 is 17.7 Å². The van der Waals surface area contributed by atoms with Gasteiger partial charge in [-0.15, -0.1) is 11.8 Å². The number of aliphatic hydroxyl groups excluding tert-OH is 1. The van der Waals surface area contributed by atoms with Crippen LogP contribution in [-0.4, -0.2) is 39.5 Å². The average Bonchev–Trinajstić information content (AvgIpc) is 2.00. The Morgan fingerprint density at radius 3 is 2.29 bits per heavy atom. The maximum atomic E-state index is 12.2. The fraction of sp³-hybridized carbons (Fsp3) is 0.857. The molecule has 0 bridgehead atoms. The molecule has 0 aromatic heterocycles. The second-order valence-corrected chi connectivity index (χ2v) is 4.40. The summed E-state index contributed by atoms with van der Waals surface area (Å²) < 4.78 is 36.6. The van der Waals surface area contributed by atoms with E-state index in [1.54, 1.807) is 0 Å². The lowest BCUT2D eigenvalue weighted by Crippen LogP contribution is -2.30. The number of aliphatic hydroxyl groups is 1. The number of halogens is 3. The summed E-state index contributed by atoms with van der Waals surface area (Å²) in [7, 11) is 0. The zero-order chi connectivity index (χ0) is 11.4. The van der Waals surface area contributed by atoms with E-state index in [1.807, 2.05) is 0 Å². The third-order valence-corrected chi connectivity index (χ3v) is 2.75. The van der Waals surface area contributed by atoms with Crippen LogP contribution in [0.15, 0.2) is 0 Å². The molecule has 2 unspecified atom stereocenters. The monoisotopic (exact) mass is 232 g/mol. The summed E-state index contributed by atoms with van der Waals surface area (Å²) in [6.07, 6.45) is -5.52. The van der Waals surface area contributed by atoms with Crippen molar-refractivity contribution in [2.45, 2.75) is 30.0 Å². The number of hydrogen-bond acceptors (Lipinski definition) is 3. The summed E-state index contributed by atoms with van der Waals surface area (Å²) in [5.74, 6) is -1.50. The van der Waals surface area contributed by atoms with Gasteiger partial charge in [-0.25, -0.2) is 0 Å². The molecule has 0 aromatic rings. The van der Waals surface area contributed by atoms with Gasteiger partial charge >= 0.3 is 12.1 Å². The van der Waals surface area contributed by atoms with Gasteiger partial charge in [0.25, 0.3) is 0 Å². The van der Waals surface area contributed by atoms with E-state index >= 15 is 0 Å². The predicted octanol–water partition coefficient (Wildman–Crippen LogP) is 1.51. The minimum Gasteiger partial charge on any atom is -0.481 e. The first-order valence-corrected chi connectivity index (χ1v) is 4.76. The normalized spacial score (nSPS) is 16.4. The molecule has 0 aliphatic carbocycles. The van der Waals surface area contributed by atoms with Gasteiger partial charge in [0.2, 0.25) is 0 Å². The van der Waals surface area contributed by atoms with Crippen molar-refractivity contribution in [2.24, 2.45) is 0 Å². The van der Waals surface area contributed by atoms with Crippen molar-refractivity contribution in [1.29, 1.82) is 0 Å². The zero-order valence-electron chi connectivity index (χ0n) is 7.41. The number of carbonyl (C=O) groups is 1. The average molecular weight is 232 g/mol. The Morgan fingerprint density at radius 1 is 1.50 bits per heavy atom. The Balaban J connectivity index is 4.33. The summed E-state index contributed by atoms with van der Waals surface area (Å²) in [6.45, 7) is 1.00. The van der Waals surface area contributed by atoms with E-state index in [0.29, 0.717) is 11.8 Å². The van der Waals surface area contributed by atoms with Crippen molar-refractivity contribution in [3.8, 4) is 0 Å². The van der Waals surface area contributed by atoms with Gasteiger partial charge in [-0.3, -0.25) is 4.79 Å². The second-order valence-electron chi connectivity index (χ2n) is 2.76. The molecule has 0 fully saturated rings. The Labute approximate surface area is 83.3 Å². The van der Waals surface area contributed by atoms with Crippen molar-refractivity contribution in [2.75, 3.05) is 6.61 Å². The first-order chi connectivity index (χ1) is 6.27. The zero-order valence-corrected chi connectivity index (χ0v) is 8.23. The molecule has 0 heterocycles. The lowest BCUT2D eigenvalue weighted by molar-refractivity contribution is -0.150. The van der Waals surface area contributed by atoms with Crippen LogP contribution in [0.5, 0.6) is 0 Å². The molecule has 2 atom stereocenters. The molecule has 0 saturated heterocycles. The van der Waals surface area contributed by atoms with Crippen molar-refractivity contribution < 1.29 is 28.2 Å². The van der Waals surface area contributed by atoms with Crippen LogP contribution in [0.4, 0.5) is 13.2 Å². The molecule has 0 aromatic carbocycles. The van der Waals surface area contributed by atoms with Crippen LogP contribution in [0.2, 0.25) is 0 Å². The fourth-order valence-corrected chi connectivity index (χ4v) is 1.76. The van der Waals surface area contributed by atoms with Gasteiger partial charge in [0.1, 0.15) is 5.25 Å². The maximum absolute atomic E-state index is 12.2. The smallest absolute Gasteiger partial charge is 0.401 e. The van der Waals surface area contributed by atoms with Gasteiger partial charge in [0.05, 0.1) is 13.0 Å². The first-order valence-electron chi connectivity index (χ1n) is 3.82. The van der Waals surface area contributed by atoms with Crippen molar-refractivity contribution in [1.82, 2.24) is 0 Å². The van der Waals surface area contributed by atoms with E-state index in [-0.39, 0.29) is 0 Å². The lowest BCUT2D eigenvalue weighted by atomic mass is 10.3. The summed E-state index contributed by atoms with van der Waals surface area (Å²) >= 11 is 0.424. The summed E-state index contributed by atoms with van der Waals surface area (Å²) in [6, 6.07) is 0. The van der Waals surface area contributed by atoms with Gasteiger partial charge in [0, 0.05) is 5.25 Å². The summed E-state index contributed by atoms with van der Waals surface area (Å²) in [5, 5.41) is 14.2. The molecule has 84 valence electrons. The van der Waals surface area contributed by atoms with Crippen LogP contribution in [0.1, 0.15) is 13.3 Å². The standard InChI is InChI=1S/C7H11F3O3S/c1-4(3-11)14-5(2-6(12)13)7(8,9)10/h4-5,11H,2-3H2,1H3,(H,12,13). The molecule has 0 radical (unpaired) electrons. The quantitative estimate of drug-likeness (QED) is 0.754. The molecule has 0 rings (SSSR count). The maximum Gasteiger partial charge on any atom is 0.401 e. The van der Waals surface area contributed by atoms with Crippen molar-refractivity contribution in [3.63, 3.8) is 0 Å². The van der Waals surface area contributed by atoms with Gasteiger partial charge in [-0.05, 0) is 0 Å². The Hall–Kier alpha value is -0.430. The Morgan fingerprint density at radius 2 is 2.00 bits per heavy atom. The molecular weight excluding hydrogens is 221 g/mol. The van der Waals surface area contributed by atoms with Crippen LogP contribution in [0, 0.1) is 0 Å². The van der Waals surface area contributed by atoms with Crippen LogP contribution < -0.4 is 0 Å². The topological polar surface area (TPSA) is 57.5 Å². The molecule has 2 N–H and O–H groups in total. The molecule has 0 saturated carbocycles. The number of thioether (sulfide) groups is 1. The van der Waals surface area contributed by atoms with Gasteiger partial charge in [-0.2, -0.15) is 13.2 Å². The van der Waals surface area contributed by atoms with Crippen molar-refractivity contribution in [3.05, 3.63) is 0 Å². The molecular formula is C7H11F3O3S. The van der Waals surface area contributed by atoms with Gasteiger partial charge < -0.3 is 10.2 Å². The Bertz CT molecular complexity index is 195. The summed E-state index contributed by atoms with van der Waals surface area (Å²) in [5.41, 5.74) is 0. The van der Waals surface area contributed by atoms with E-state index < -0.39 is 35.7 Å². The van der Waals surface area contributed by atoms with Crippen LogP contribution in [0.3, 0.4) is 0 Å². The molecule has 0 amide bonds. The number of hydrogen-bond donors (Lipinski definition) is 2.